The van der Waals surface area contributed by atoms with Gasteiger partial charge in [0.25, 0.3) is 5.91 Å². The lowest BCUT2D eigenvalue weighted by Crippen LogP contribution is -2.41. The zero-order chi connectivity index (χ0) is 17.0. The van der Waals surface area contributed by atoms with Gasteiger partial charge in [-0.05, 0) is 38.0 Å². The number of halogens is 2. The minimum absolute atomic E-state index is 0.170. The molecule has 2 N–H and O–H groups in total. The van der Waals surface area contributed by atoms with Gasteiger partial charge in [-0.1, -0.05) is 35.3 Å². The first-order chi connectivity index (χ1) is 10.9. The molecule has 0 unspecified atom stereocenters. The third-order valence-corrected chi connectivity index (χ3v) is 4.11. The minimum Gasteiger partial charge on any atom is -0.466 e. The van der Waals surface area contributed by atoms with Gasteiger partial charge in [-0.3, -0.25) is 20.4 Å². The highest BCUT2D eigenvalue weighted by atomic mass is 35.5. The fraction of sp³-hybridized carbons (Fsp3) is 0.250. The number of amides is 2. The van der Waals surface area contributed by atoms with Crippen LogP contribution in [0.1, 0.15) is 33.9 Å². The van der Waals surface area contributed by atoms with E-state index in [0.29, 0.717) is 33.6 Å². The van der Waals surface area contributed by atoms with Gasteiger partial charge in [0, 0.05) is 6.42 Å². The van der Waals surface area contributed by atoms with E-state index in [0.717, 1.165) is 5.56 Å². The van der Waals surface area contributed by atoms with Gasteiger partial charge in [0.05, 0.1) is 15.6 Å². The van der Waals surface area contributed by atoms with Crippen LogP contribution < -0.4 is 10.9 Å². The Balaban J connectivity index is 1.84. The molecule has 7 heteroatoms. The summed E-state index contributed by atoms with van der Waals surface area (Å²) in [7, 11) is 0. The van der Waals surface area contributed by atoms with Crippen molar-refractivity contribution in [3.8, 4) is 0 Å². The van der Waals surface area contributed by atoms with Crippen LogP contribution in [-0.2, 0) is 11.2 Å². The van der Waals surface area contributed by atoms with E-state index < -0.39 is 5.91 Å². The summed E-state index contributed by atoms with van der Waals surface area (Å²) in [6.45, 7) is 3.43. The molecule has 0 aliphatic carbocycles. The SMILES string of the molecule is Cc1cc(C(=O)NNC(=O)CCc2cccc(Cl)c2Cl)c(C)o1. The second-order valence-electron chi connectivity index (χ2n) is 5.04. The fourth-order valence-electron chi connectivity index (χ4n) is 2.10. The van der Waals surface area contributed by atoms with Crippen LogP contribution in [-0.4, -0.2) is 11.8 Å². The normalized spacial score (nSPS) is 10.4. The highest BCUT2D eigenvalue weighted by Crippen LogP contribution is 2.26. The third kappa shape index (κ3) is 4.50. The molecule has 1 aromatic carbocycles. The van der Waals surface area contributed by atoms with E-state index in [2.05, 4.69) is 10.9 Å². The molecule has 1 heterocycles. The Morgan fingerprint density at radius 3 is 2.57 bits per heavy atom. The van der Waals surface area contributed by atoms with Crippen LogP contribution >= 0.6 is 23.2 Å². The maximum Gasteiger partial charge on any atom is 0.273 e. The molecular weight excluding hydrogens is 339 g/mol. The number of carbonyl (C=O) groups excluding carboxylic acids is 2. The topological polar surface area (TPSA) is 71.3 Å². The number of hydrogen-bond donors (Lipinski definition) is 2. The van der Waals surface area contributed by atoms with E-state index in [1.807, 2.05) is 0 Å². The molecule has 5 nitrogen and oxygen atoms in total. The van der Waals surface area contributed by atoms with Gasteiger partial charge in [-0.2, -0.15) is 0 Å². The van der Waals surface area contributed by atoms with E-state index in [-0.39, 0.29) is 12.3 Å². The molecule has 0 saturated heterocycles. The molecule has 0 atom stereocenters. The summed E-state index contributed by atoms with van der Waals surface area (Å²) >= 11 is 12.0. The molecule has 23 heavy (non-hydrogen) atoms. The number of nitrogens with one attached hydrogen (secondary N) is 2. The number of aryl methyl sites for hydroxylation is 3. The van der Waals surface area contributed by atoms with Crippen molar-refractivity contribution in [3.05, 3.63) is 57.0 Å². The molecule has 0 bridgehead atoms. The van der Waals surface area contributed by atoms with Gasteiger partial charge in [0.15, 0.2) is 0 Å². The number of hydrazine groups is 1. The van der Waals surface area contributed by atoms with Crippen molar-refractivity contribution in [2.75, 3.05) is 0 Å². The van der Waals surface area contributed by atoms with E-state index >= 15 is 0 Å². The van der Waals surface area contributed by atoms with Gasteiger partial charge in [0.2, 0.25) is 5.91 Å². The summed E-state index contributed by atoms with van der Waals surface area (Å²) in [6.07, 6.45) is 0.592. The molecule has 0 saturated carbocycles. The predicted molar refractivity (Wildman–Crippen MR) is 88.6 cm³/mol. The lowest BCUT2D eigenvalue weighted by molar-refractivity contribution is -0.121. The Morgan fingerprint density at radius 2 is 1.91 bits per heavy atom. The summed E-state index contributed by atoms with van der Waals surface area (Å²) in [6, 6.07) is 6.87. The number of carbonyl (C=O) groups is 2. The summed E-state index contributed by atoms with van der Waals surface area (Å²) in [5, 5.41) is 0.888. The van der Waals surface area contributed by atoms with Gasteiger partial charge < -0.3 is 4.42 Å². The summed E-state index contributed by atoms with van der Waals surface area (Å²) in [4.78, 5) is 23.7. The monoisotopic (exact) mass is 354 g/mol. The van der Waals surface area contributed by atoms with Crippen molar-refractivity contribution in [1.82, 2.24) is 10.9 Å². The van der Waals surface area contributed by atoms with Gasteiger partial charge >= 0.3 is 0 Å². The third-order valence-electron chi connectivity index (χ3n) is 3.25. The van der Waals surface area contributed by atoms with Gasteiger partial charge in [0.1, 0.15) is 11.5 Å². The molecular formula is C16H16Cl2N2O3. The van der Waals surface area contributed by atoms with E-state index in [1.54, 1.807) is 38.1 Å². The first kappa shape index (κ1) is 17.4. The number of benzene rings is 1. The van der Waals surface area contributed by atoms with Crippen LogP contribution in [0.4, 0.5) is 0 Å². The van der Waals surface area contributed by atoms with Crippen LogP contribution in [0.15, 0.2) is 28.7 Å². The lowest BCUT2D eigenvalue weighted by Gasteiger charge is -2.08. The van der Waals surface area contributed by atoms with Crippen LogP contribution in [0.3, 0.4) is 0 Å². The van der Waals surface area contributed by atoms with Crippen molar-refractivity contribution in [2.45, 2.75) is 26.7 Å². The number of hydrogen-bond acceptors (Lipinski definition) is 3. The second kappa shape index (κ2) is 7.53. The molecule has 2 amide bonds. The molecule has 1 aromatic heterocycles. The Hall–Kier alpha value is -1.98. The maximum atomic E-state index is 11.9. The van der Waals surface area contributed by atoms with Crippen molar-refractivity contribution in [2.24, 2.45) is 0 Å². The molecule has 0 fully saturated rings. The Labute approximate surface area is 143 Å². The maximum absolute atomic E-state index is 11.9. The first-order valence-corrected chi connectivity index (χ1v) is 7.73. The highest BCUT2D eigenvalue weighted by Gasteiger charge is 2.14. The van der Waals surface area contributed by atoms with Crippen molar-refractivity contribution >= 4 is 35.0 Å². The Kier molecular flexibility index (Phi) is 5.69. The summed E-state index contributed by atoms with van der Waals surface area (Å²) < 4.78 is 5.27. The molecule has 0 spiro atoms. The smallest absolute Gasteiger partial charge is 0.273 e. The predicted octanol–water partition coefficient (Wildman–Crippen LogP) is 3.60. The van der Waals surface area contributed by atoms with Crippen LogP contribution in [0.5, 0.6) is 0 Å². The highest BCUT2D eigenvalue weighted by molar-refractivity contribution is 6.42. The lowest BCUT2D eigenvalue weighted by atomic mass is 10.1. The van der Waals surface area contributed by atoms with Crippen molar-refractivity contribution < 1.29 is 14.0 Å². The zero-order valence-electron chi connectivity index (χ0n) is 12.7. The summed E-state index contributed by atoms with van der Waals surface area (Å²) in [5.41, 5.74) is 5.89. The quantitative estimate of drug-likeness (QED) is 0.824. The Bertz CT molecular complexity index is 741. The van der Waals surface area contributed by atoms with Crippen LogP contribution in [0.25, 0.3) is 0 Å². The average molecular weight is 355 g/mol. The van der Waals surface area contributed by atoms with E-state index in [4.69, 9.17) is 27.6 Å². The van der Waals surface area contributed by atoms with Crippen LogP contribution in [0, 0.1) is 13.8 Å². The fourth-order valence-corrected chi connectivity index (χ4v) is 2.52. The second-order valence-corrected chi connectivity index (χ2v) is 5.83. The molecule has 2 aromatic rings. The molecule has 2 rings (SSSR count). The van der Waals surface area contributed by atoms with E-state index in [1.165, 1.54) is 0 Å². The molecule has 0 aliphatic heterocycles. The minimum atomic E-state index is -0.423. The molecule has 0 radical (unpaired) electrons. The van der Waals surface area contributed by atoms with Gasteiger partial charge in [-0.25, -0.2) is 0 Å². The summed E-state index contributed by atoms with van der Waals surface area (Å²) in [5.74, 6) is 0.385. The van der Waals surface area contributed by atoms with Crippen molar-refractivity contribution in [3.63, 3.8) is 0 Å². The number of furan rings is 1. The van der Waals surface area contributed by atoms with Crippen LogP contribution in [0.2, 0.25) is 10.0 Å². The average Bonchev–Trinajstić information content (AvgIpc) is 2.85. The van der Waals surface area contributed by atoms with Crippen molar-refractivity contribution in [1.29, 1.82) is 0 Å². The molecule has 0 aliphatic rings. The standard InChI is InChI=1S/C16H16Cl2N2O3/c1-9-8-12(10(2)23-9)16(22)20-19-14(21)7-6-11-4-3-5-13(17)15(11)18/h3-5,8H,6-7H2,1-2H3,(H,19,21)(H,20,22). The number of rotatable bonds is 4. The zero-order valence-corrected chi connectivity index (χ0v) is 14.2. The first-order valence-electron chi connectivity index (χ1n) is 6.97. The molecule has 122 valence electrons. The largest absolute Gasteiger partial charge is 0.466 e. The van der Waals surface area contributed by atoms with Gasteiger partial charge in [-0.15, -0.1) is 0 Å². The Morgan fingerprint density at radius 1 is 1.17 bits per heavy atom. The van der Waals surface area contributed by atoms with E-state index in [9.17, 15) is 9.59 Å².